The van der Waals surface area contributed by atoms with Crippen LogP contribution in [0, 0.1) is 17.8 Å². The molecule has 0 aliphatic heterocycles. The van der Waals surface area contributed by atoms with Gasteiger partial charge in [0.05, 0.1) is 18.3 Å². The molecule has 0 saturated heterocycles. The fourth-order valence-corrected chi connectivity index (χ4v) is 2.63. The number of aliphatic hydroxyl groups excluding tert-OH is 1. The van der Waals surface area contributed by atoms with Gasteiger partial charge in [0, 0.05) is 26.2 Å². The third-order valence-corrected chi connectivity index (χ3v) is 3.50. The number of hydrogen-bond donors (Lipinski definition) is 2. The highest BCUT2D eigenvalue weighted by Crippen LogP contribution is 2.05. The summed E-state index contributed by atoms with van der Waals surface area (Å²) in [6.45, 7) is 17.1. The average molecular weight is 454 g/mol. The maximum absolute atomic E-state index is 10.2. The fourth-order valence-electron chi connectivity index (χ4n) is 2.63. The third kappa shape index (κ3) is 20.2. The van der Waals surface area contributed by atoms with Gasteiger partial charge in [0.2, 0.25) is 0 Å². The monoisotopic (exact) mass is 453 g/mol. The van der Waals surface area contributed by atoms with Crippen LogP contribution in [0.15, 0.2) is 30.3 Å². The van der Waals surface area contributed by atoms with E-state index in [-0.39, 0.29) is 30.9 Å². The SMILES string of the molecule is CC(C)COCC(O)CN(CC(C)C)CC(C)C.Cl.Cl.O=C(O)c1ccccc1. The topological polar surface area (TPSA) is 70.0 Å². The lowest BCUT2D eigenvalue weighted by atomic mass is 10.1. The zero-order chi connectivity index (χ0) is 20.8. The molecule has 1 aromatic carbocycles. The van der Waals surface area contributed by atoms with Crippen LogP contribution in [0.3, 0.4) is 0 Å². The Morgan fingerprint density at radius 1 is 0.862 bits per heavy atom. The number of carbonyl (C=O) groups is 1. The van der Waals surface area contributed by atoms with Gasteiger partial charge in [0.1, 0.15) is 0 Å². The van der Waals surface area contributed by atoms with Crippen LogP contribution in [0.2, 0.25) is 0 Å². The van der Waals surface area contributed by atoms with Crippen molar-refractivity contribution < 1.29 is 19.7 Å². The maximum Gasteiger partial charge on any atom is 0.335 e. The standard InChI is InChI=1S/C15H33NO2.C7H6O2.2ClH/c1-12(2)7-16(8-13(3)4)9-15(17)11-18-10-14(5)6;8-7(9)6-4-2-1-3-5-6;;/h12-15,17H,7-11H2,1-6H3;1-5H,(H,8,9);2*1H. The van der Waals surface area contributed by atoms with Crippen molar-refractivity contribution in [1.29, 1.82) is 0 Å². The summed E-state index contributed by atoms with van der Waals surface area (Å²) in [5, 5.41) is 18.4. The van der Waals surface area contributed by atoms with Gasteiger partial charge in [-0.3, -0.25) is 0 Å². The molecule has 0 heterocycles. The lowest BCUT2D eigenvalue weighted by Crippen LogP contribution is -2.39. The molecule has 1 aromatic rings. The summed E-state index contributed by atoms with van der Waals surface area (Å²) in [6.07, 6.45) is -0.374. The lowest BCUT2D eigenvalue weighted by Gasteiger charge is -2.28. The average Bonchev–Trinajstić information content (AvgIpc) is 2.54. The molecule has 0 aliphatic rings. The summed E-state index contributed by atoms with van der Waals surface area (Å²) in [6, 6.07) is 8.30. The van der Waals surface area contributed by atoms with Gasteiger partial charge in [-0.05, 0) is 29.9 Å². The van der Waals surface area contributed by atoms with Crippen molar-refractivity contribution in [3.05, 3.63) is 35.9 Å². The highest BCUT2D eigenvalue weighted by atomic mass is 35.5. The summed E-state index contributed by atoms with van der Waals surface area (Å²) >= 11 is 0. The second kappa shape index (κ2) is 19.1. The van der Waals surface area contributed by atoms with E-state index < -0.39 is 5.97 Å². The Balaban J connectivity index is -0.000000519. The van der Waals surface area contributed by atoms with Crippen molar-refractivity contribution in [3.63, 3.8) is 0 Å². The Kier molecular flexibility index (Phi) is 21.6. The molecular formula is C22H41Cl2NO4. The van der Waals surface area contributed by atoms with Gasteiger partial charge in [-0.2, -0.15) is 0 Å². The van der Waals surface area contributed by atoms with E-state index in [1.807, 2.05) is 0 Å². The molecule has 5 nitrogen and oxygen atoms in total. The maximum atomic E-state index is 10.2. The van der Waals surface area contributed by atoms with E-state index in [1.165, 1.54) is 0 Å². The van der Waals surface area contributed by atoms with Gasteiger partial charge in [-0.15, -0.1) is 24.8 Å². The highest BCUT2D eigenvalue weighted by Gasteiger charge is 2.14. The first-order chi connectivity index (χ1) is 12.6. The van der Waals surface area contributed by atoms with E-state index in [9.17, 15) is 9.90 Å². The van der Waals surface area contributed by atoms with Crippen molar-refractivity contribution in [2.75, 3.05) is 32.8 Å². The van der Waals surface area contributed by atoms with E-state index in [4.69, 9.17) is 9.84 Å². The van der Waals surface area contributed by atoms with Crippen LogP contribution in [0.5, 0.6) is 0 Å². The first kappa shape index (κ1) is 32.8. The Bertz CT molecular complexity index is 489. The third-order valence-electron chi connectivity index (χ3n) is 3.50. The van der Waals surface area contributed by atoms with E-state index >= 15 is 0 Å². The number of rotatable bonds is 11. The summed E-state index contributed by atoms with van der Waals surface area (Å²) < 4.78 is 5.49. The molecule has 0 aliphatic carbocycles. The number of nitrogens with zero attached hydrogens (tertiary/aromatic N) is 1. The molecule has 0 saturated carbocycles. The van der Waals surface area contributed by atoms with Crippen LogP contribution < -0.4 is 0 Å². The normalized spacial score (nSPS) is 11.6. The van der Waals surface area contributed by atoms with E-state index in [0.29, 0.717) is 36.5 Å². The molecule has 2 N–H and O–H groups in total. The molecule has 1 unspecified atom stereocenters. The molecule has 0 amide bonds. The molecule has 0 bridgehead atoms. The predicted molar refractivity (Wildman–Crippen MR) is 126 cm³/mol. The summed E-state index contributed by atoms with van der Waals surface area (Å²) in [4.78, 5) is 12.5. The van der Waals surface area contributed by atoms with Crippen LogP contribution in [-0.4, -0.2) is 60.0 Å². The Morgan fingerprint density at radius 2 is 1.34 bits per heavy atom. The zero-order valence-electron chi connectivity index (χ0n) is 18.7. The second-order valence-electron chi connectivity index (χ2n) is 8.26. The van der Waals surface area contributed by atoms with Crippen molar-refractivity contribution in [1.82, 2.24) is 4.90 Å². The molecule has 7 heteroatoms. The first-order valence-electron chi connectivity index (χ1n) is 9.88. The molecule has 0 fully saturated rings. The minimum absolute atomic E-state index is 0. The zero-order valence-corrected chi connectivity index (χ0v) is 20.3. The number of aromatic carboxylic acids is 1. The van der Waals surface area contributed by atoms with Gasteiger partial charge in [-0.1, -0.05) is 59.7 Å². The molecule has 1 atom stereocenters. The summed E-state index contributed by atoms with van der Waals surface area (Å²) in [7, 11) is 0. The lowest BCUT2D eigenvalue weighted by molar-refractivity contribution is 0.00490. The van der Waals surface area contributed by atoms with Crippen molar-refractivity contribution in [2.24, 2.45) is 17.8 Å². The number of benzene rings is 1. The Hall–Kier alpha value is -0.850. The summed E-state index contributed by atoms with van der Waals surface area (Å²) in [5.41, 5.74) is 0.331. The molecule has 29 heavy (non-hydrogen) atoms. The quantitative estimate of drug-likeness (QED) is 0.500. The van der Waals surface area contributed by atoms with Gasteiger partial charge in [0.15, 0.2) is 0 Å². The largest absolute Gasteiger partial charge is 0.478 e. The van der Waals surface area contributed by atoms with Crippen molar-refractivity contribution >= 4 is 30.8 Å². The molecule has 0 aromatic heterocycles. The van der Waals surface area contributed by atoms with Gasteiger partial charge in [0.25, 0.3) is 0 Å². The number of aliphatic hydroxyl groups is 1. The predicted octanol–water partition coefficient (Wildman–Crippen LogP) is 4.86. The smallest absolute Gasteiger partial charge is 0.335 e. The highest BCUT2D eigenvalue weighted by molar-refractivity contribution is 5.87. The van der Waals surface area contributed by atoms with E-state index in [2.05, 4.69) is 46.4 Å². The van der Waals surface area contributed by atoms with Crippen LogP contribution in [0.4, 0.5) is 0 Å². The Morgan fingerprint density at radius 3 is 1.69 bits per heavy atom. The van der Waals surface area contributed by atoms with Crippen molar-refractivity contribution in [2.45, 2.75) is 47.6 Å². The molecule has 1 rings (SSSR count). The van der Waals surface area contributed by atoms with Crippen LogP contribution >= 0.6 is 24.8 Å². The van der Waals surface area contributed by atoms with E-state index in [1.54, 1.807) is 30.3 Å². The number of ether oxygens (including phenoxy) is 1. The number of carboxylic acid groups (broad SMARTS) is 1. The number of hydrogen-bond acceptors (Lipinski definition) is 4. The summed E-state index contributed by atoms with van der Waals surface area (Å²) in [5.74, 6) is 0.912. The van der Waals surface area contributed by atoms with Gasteiger partial charge in [-0.25, -0.2) is 4.79 Å². The molecular weight excluding hydrogens is 413 g/mol. The molecule has 0 spiro atoms. The van der Waals surface area contributed by atoms with Gasteiger partial charge < -0.3 is 19.8 Å². The van der Waals surface area contributed by atoms with Crippen LogP contribution in [0.25, 0.3) is 0 Å². The Labute approximate surface area is 189 Å². The molecule has 0 radical (unpaired) electrons. The van der Waals surface area contributed by atoms with Crippen LogP contribution in [0.1, 0.15) is 51.9 Å². The minimum atomic E-state index is -0.879. The van der Waals surface area contributed by atoms with Crippen LogP contribution in [-0.2, 0) is 4.74 Å². The molecule has 172 valence electrons. The minimum Gasteiger partial charge on any atom is -0.478 e. The number of halogens is 2. The second-order valence-corrected chi connectivity index (χ2v) is 8.26. The number of carboxylic acids is 1. The van der Waals surface area contributed by atoms with E-state index in [0.717, 1.165) is 19.7 Å². The van der Waals surface area contributed by atoms with Crippen molar-refractivity contribution in [3.8, 4) is 0 Å². The van der Waals surface area contributed by atoms with Gasteiger partial charge >= 0.3 is 5.97 Å². The first-order valence-corrected chi connectivity index (χ1v) is 9.88. The fraction of sp³-hybridized carbons (Fsp3) is 0.682.